The number of carbonyl (C=O) groups is 2. The molecule has 2 heterocycles. The van der Waals surface area contributed by atoms with Gasteiger partial charge in [-0.25, -0.2) is 4.39 Å². The van der Waals surface area contributed by atoms with E-state index in [0.717, 1.165) is 19.4 Å². The fraction of sp³-hybridized carbons (Fsp3) is 0.333. The average Bonchev–Trinajstić information content (AvgIpc) is 3.26. The topological polar surface area (TPSA) is 83.2 Å². The standard InChI is InChI=1S/C18H20FN3O3/c1-11(23)12-7-17(20-9-12)18(24)22-13-4-5-16(15(19)8-13)21-10-14-3-2-6-25-14/h4-5,7-9,14,20-21H,2-3,6,10H2,1H3,(H,22,24)/t14-/m0/s1. The summed E-state index contributed by atoms with van der Waals surface area (Å²) in [6.07, 6.45) is 3.59. The maximum Gasteiger partial charge on any atom is 0.272 e. The molecule has 0 bridgehead atoms. The molecule has 1 atom stereocenters. The molecule has 2 aromatic rings. The molecule has 0 unspecified atom stereocenters. The SMILES string of the molecule is CC(=O)c1c[nH]c(C(=O)Nc2ccc(NC[C@@H]3CCCO3)c(F)c2)c1. The predicted octanol–water partition coefficient (Wildman–Crippen LogP) is 3.20. The molecule has 6 nitrogen and oxygen atoms in total. The quantitative estimate of drug-likeness (QED) is 0.702. The smallest absolute Gasteiger partial charge is 0.272 e. The van der Waals surface area contributed by atoms with Crippen molar-refractivity contribution in [3.63, 3.8) is 0 Å². The van der Waals surface area contributed by atoms with Crippen molar-refractivity contribution in [1.29, 1.82) is 0 Å². The minimum atomic E-state index is -0.452. The van der Waals surface area contributed by atoms with Gasteiger partial charge in [-0.1, -0.05) is 0 Å². The first kappa shape index (κ1) is 17.2. The molecular weight excluding hydrogens is 325 g/mol. The Kier molecular flexibility index (Phi) is 5.14. The highest BCUT2D eigenvalue weighted by atomic mass is 19.1. The van der Waals surface area contributed by atoms with E-state index in [2.05, 4.69) is 15.6 Å². The average molecular weight is 345 g/mol. The molecule has 25 heavy (non-hydrogen) atoms. The second-order valence-corrected chi connectivity index (χ2v) is 6.02. The number of H-pyrrole nitrogens is 1. The second kappa shape index (κ2) is 7.48. The second-order valence-electron chi connectivity index (χ2n) is 6.02. The third-order valence-electron chi connectivity index (χ3n) is 4.11. The number of rotatable bonds is 6. The van der Waals surface area contributed by atoms with E-state index in [1.165, 1.54) is 25.3 Å². The molecule has 0 radical (unpaired) electrons. The van der Waals surface area contributed by atoms with Crippen LogP contribution in [-0.2, 0) is 4.74 Å². The van der Waals surface area contributed by atoms with Crippen LogP contribution in [0.5, 0.6) is 0 Å². The molecule has 1 aromatic carbocycles. The van der Waals surface area contributed by atoms with Crippen molar-refractivity contribution in [3.05, 3.63) is 47.5 Å². The molecule has 1 saturated heterocycles. The Morgan fingerprint density at radius 1 is 1.36 bits per heavy atom. The van der Waals surface area contributed by atoms with Gasteiger partial charge in [0, 0.05) is 30.6 Å². The van der Waals surface area contributed by atoms with E-state index in [1.807, 2.05) is 0 Å². The van der Waals surface area contributed by atoms with Crippen LogP contribution in [0.1, 0.15) is 40.6 Å². The van der Waals surface area contributed by atoms with Gasteiger partial charge < -0.3 is 20.4 Å². The zero-order chi connectivity index (χ0) is 17.8. The summed E-state index contributed by atoms with van der Waals surface area (Å²) in [5, 5.41) is 5.63. The lowest BCUT2D eigenvalue weighted by atomic mass is 10.2. The predicted molar refractivity (Wildman–Crippen MR) is 92.6 cm³/mol. The number of aromatic nitrogens is 1. The Balaban J connectivity index is 1.61. The number of benzene rings is 1. The van der Waals surface area contributed by atoms with Crippen LogP contribution in [0.15, 0.2) is 30.5 Å². The van der Waals surface area contributed by atoms with Crippen molar-refractivity contribution in [2.24, 2.45) is 0 Å². The van der Waals surface area contributed by atoms with E-state index >= 15 is 0 Å². The van der Waals surface area contributed by atoms with Gasteiger partial charge in [-0.2, -0.15) is 0 Å². The lowest BCUT2D eigenvalue weighted by Gasteiger charge is -2.13. The number of amides is 1. The molecule has 1 amide bonds. The van der Waals surface area contributed by atoms with Crippen molar-refractivity contribution >= 4 is 23.1 Å². The number of nitrogens with one attached hydrogen (secondary N) is 3. The number of Topliss-reactive ketones (excluding diaryl/α,β-unsaturated/α-hetero) is 1. The molecule has 1 fully saturated rings. The van der Waals surface area contributed by atoms with Crippen LogP contribution in [0.3, 0.4) is 0 Å². The number of aromatic amines is 1. The van der Waals surface area contributed by atoms with Crippen molar-refractivity contribution in [1.82, 2.24) is 4.98 Å². The maximum atomic E-state index is 14.2. The van der Waals surface area contributed by atoms with Gasteiger partial charge in [0.2, 0.25) is 0 Å². The van der Waals surface area contributed by atoms with Crippen LogP contribution in [0.2, 0.25) is 0 Å². The van der Waals surface area contributed by atoms with Crippen LogP contribution in [0.25, 0.3) is 0 Å². The highest BCUT2D eigenvalue weighted by molar-refractivity contribution is 6.05. The van der Waals surface area contributed by atoms with E-state index in [9.17, 15) is 14.0 Å². The molecule has 132 valence electrons. The summed E-state index contributed by atoms with van der Waals surface area (Å²) in [7, 11) is 0. The number of hydrogen-bond acceptors (Lipinski definition) is 4. The Bertz CT molecular complexity index is 782. The van der Waals surface area contributed by atoms with Gasteiger partial charge in [-0.15, -0.1) is 0 Å². The van der Waals surface area contributed by atoms with Crippen molar-refractivity contribution in [2.45, 2.75) is 25.9 Å². The molecule has 0 spiro atoms. The number of hydrogen-bond donors (Lipinski definition) is 3. The summed E-state index contributed by atoms with van der Waals surface area (Å²) >= 11 is 0. The van der Waals surface area contributed by atoms with E-state index in [1.54, 1.807) is 12.1 Å². The maximum absolute atomic E-state index is 14.2. The number of ketones is 1. The van der Waals surface area contributed by atoms with Crippen LogP contribution >= 0.6 is 0 Å². The molecule has 0 aliphatic carbocycles. The fourth-order valence-corrected chi connectivity index (χ4v) is 2.69. The fourth-order valence-electron chi connectivity index (χ4n) is 2.69. The Hall–Kier alpha value is -2.67. The Morgan fingerprint density at radius 2 is 2.20 bits per heavy atom. The first-order valence-electron chi connectivity index (χ1n) is 8.18. The molecule has 3 rings (SSSR count). The third-order valence-corrected chi connectivity index (χ3v) is 4.11. The van der Waals surface area contributed by atoms with Gasteiger partial charge >= 0.3 is 0 Å². The first-order valence-corrected chi connectivity index (χ1v) is 8.18. The minimum absolute atomic E-state index is 0.113. The molecule has 7 heteroatoms. The van der Waals surface area contributed by atoms with E-state index in [4.69, 9.17) is 4.74 Å². The van der Waals surface area contributed by atoms with Crippen LogP contribution in [0, 0.1) is 5.82 Å². The number of ether oxygens (including phenoxy) is 1. The zero-order valence-corrected chi connectivity index (χ0v) is 13.9. The van der Waals surface area contributed by atoms with Crippen molar-refractivity contribution in [2.75, 3.05) is 23.8 Å². The normalized spacial score (nSPS) is 16.6. The van der Waals surface area contributed by atoms with Gasteiger partial charge in [0.25, 0.3) is 5.91 Å². The minimum Gasteiger partial charge on any atom is -0.380 e. The summed E-state index contributed by atoms with van der Waals surface area (Å²) in [4.78, 5) is 26.1. The molecular formula is C18H20FN3O3. The van der Waals surface area contributed by atoms with Crippen LogP contribution < -0.4 is 10.6 Å². The Morgan fingerprint density at radius 3 is 2.84 bits per heavy atom. The molecule has 0 saturated carbocycles. The summed E-state index contributed by atoms with van der Waals surface area (Å²) in [5.74, 6) is -1.03. The number of anilines is 2. The monoisotopic (exact) mass is 345 g/mol. The first-order chi connectivity index (χ1) is 12.0. The van der Waals surface area contributed by atoms with Gasteiger partial charge in [0.05, 0.1) is 11.8 Å². The van der Waals surface area contributed by atoms with Gasteiger partial charge in [0.1, 0.15) is 11.5 Å². The Labute approximate surface area is 144 Å². The third kappa shape index (κ3) is 4.24. The zero-order valence-electron chi connectivity index (χ0n) is 13.9. The van der Waals surface area contributed by atoms with Gasteiger partial charge in [-0.3, -0.25) is 9.59 Å². The largest absolute Gasteiger partial charge is 0.380 e. The summed E-state index contributed by atoms with van der Waals surface area (Å²) in [5.41, 5.74) is 1.37. The molecule has 1 aromatic heterocycles. The highest BCUT2D eigenvalue weighted by Crippen LogP contribution is 2.21. The number of halogens is 1. The van der Waals surface area contributed by atoms with E-state index in [0.29, 0.717) is 23.5 Å². The molecule has 1 aliphatic rings. The van der Waals surface area contributed by atoms with Crippen LogP contribution in [-0.4, -0.2) is 35.9 Å². The van der Waals surface area contributed by atoms with Crippen LogP contribution in [0.4, 0.5) is 15.8 Å². The highest BCUT2D eigenvalue weighted by Gasteiger charge is 2.16. The lowest BCUT2D eigenvalue weighted by molar-refractivity contribution is 0.101. The summed E-state index contributed by atoms with van der Waals surface area (Å²) in [6.45, 7) is 2.73. The molecule has 3 N–H and O–H groups in total. The van der Waals surface area contributed by atoms with E-state index in [-0.39, 0.29) is 17.6 Å². The molecule has 1 aliphatic heterocycles. The van der Waals surface area contributed by atoms with E-state index < -0.39 is 11.7 Å². The summed E-state index contributed by atoms with van der Waals surface area (Å²) < 4.78 is 19.7. The summed E-state index contributed by atoms with van der Waals surface area (Å²) in [6, 6.07) is 5.92. The van der Waals surface area contributed by atoms with Gasteiger partial charge in [-0.05, 0) is 44.0 Å². The number of carbonyl (C=O) groups excluding carboxylic acids is 2. The van der Waals surface area contributed by atoms with Gasteiger partial charge in [0.15, 0.2) is 5.78 Å². The van der Waals surface area contributed by atoms with Crippen molar-refractivity contribution in [3.8, 4) is 0 Å². The lowest BCUT2D eigenvalue weighted by Crippen LogP contribution is -2.19. The van der Waals surface area contributed by atoms with Crippen molar-refractivity contribution < 1.29 is 18.7 Å².